The van der Waals surface area contributed by atoms with Gasteiger partial charge in [-0.25, -0.2) is 0 Å². The molecule has 0 amide bonds. The topological polar surface area (TPSA) is 0 Å². The summed E-state index contributed by atoms with van der Waals surface area (Å²) in [4.78, 5) is 0. The third kappa shape index (κ3) is 2.81. The number of hydrogen-bond donors (Lipinski definition) is 0. The van der Waals surface area contributed by atoms with Crippen molar-refractivity contribution in [2.24, 2.45) is 0 Å². The molecule has 2 rings (SSSR count). The lowest BCUT2D eigenvalue weighted by atomic mass is 9.93. The summed E-state index contributed by atoms with van der Waals surface area (Å²) in [6.45, 7) is 6.64. The maximum Gasteiger partial charge on any atom is -0.00229 e. The fraction of sp³-hybridized carbons (Fsp3) is 0.333. The lowest BCUT2D eigenvalue weighted by molar-refractivity contribution is 0.994. The SMILES string of the molecule is CCc1cccc(Cc2ccc(C)cc2)c1CC. The van der Waals surface area contributed by atoms with Crippen LogP contribution in [0, 0.1) is 6.92 Å². The van der Waals surface area contributed by atoms with Crippen LogP contribution in [-0.4, -0.2) is 0 Å². The van der Waals surface area contributed by atoms with Gasteiger partial charge >= 0.3 is 0 Å². The first-order chi connectivity index (χ1) is 8.74. The zero-order chi connectivity index (χ0) is 13.0. The monoisotopic (exact) mass is 238 g/mol. The lowest BCUT2D eigenvalue weighted by Gasteiger charge is -2.12. The van der Waals surface area contributed by atoms with Gasteiger partial charge in [0.2, 0.25) is 0 Å². The standard InChI is InChI=1S/C18H22/c1-4-16-7-6-8-17(18(16)5-2)13-15-11-9-14(3)10-12-15/h6-12H,4-5,13H2,1-3H3. The first-order valence-electron chi connectivity index (χ1n) is 6.89. The molecule has 0 unspecified atom stereocenters. The minimum absolute atomic E-state index is 1.05. The van der Waals surface area contributed by atoms with Crippen molar-refractivity contribution in [2.75, 3.05) is 0 Å². The van der Waals surface area contributed by atoms with E-state index in [4.69, 9.17) is 0 Å². The first-order valence-corrected chi connectivity index (χ1v) is 6.89. The molecule has 0 aliphatic carbocycles. The van der Waals surface area contributed by atoms with Crippen LogP contribution in [-0.2, 0) is 19.3 Å². The maximum absolute atomic E-state index is 2.28. The van der Waals surface area contributed by atoms with Crippen LogP contribution in [0.4, 0.5) is 0 Å². The second-order valence-electron chi connectivity index (χ2n) is 4.92. The first kappa shape index (κ1) is 12.9. The van der Waals surface area contributed by atoms with Crippen LogP contribution < -0.4 is 0 Å². The van der Waals surface area contributed by atoms with Gasteiger partial charge in [0.1, 0.15) is 0 Å². The van der Waals surface area contributed by atoms with Crippen LogP contribution in [0.5, 0.6) is 0 Å². The third-order valence-electron chi connectivity index (χ3n) is 3.62. The van der Waals surface area contributed by atoms with Crippen molar-refractivity contribution in [3.63, 3.8) is 0 Å². The molecule has 0 saturated heterocycles. The van der Waals surface area contributed by atoms with E-state index in [1.807, 2.05) is 0 Å². The van der Waals surface area contributed by atoms with E-state index in [0.29, 0.717) is 0 Å². The molecule has 0 N–H and O–H groups in total. The van der Waals surface area contributed by atoms with Crippen molar-refractivity contribution in [3.05, 3.63) is 70.3 Å². The molecule has 0 bridgehead atoms. The van der Waals surface area contributed by atoms with E-state index < -0.39 is 0 Å². The van der Waals surface area contributed by atoms with Crippen molar-refractivity contribution in [1.82, 2.24) is 0 Å². The van der Waals surface area contributed by atoms with E-state index in [0.717, 1.165) is 19.3 Å². The Morgan fingerprint density at radius 1 is 0.778 bits per heavy atom. The van der Waals surface area contributed by atoms with Crippen LogP contribution in [0.2, 0.25) is 0 Å². The summed E-state index contributed by atoms with van der Waals surface area (Å²) >= 11 is 0. The third-order valence-corrected chi connectivity index (χ3v) is 3.62. The molecule has 0 saturated carbocycles. The molecule has 0 atom stereocenters. The highest BCUT2D eigenvalue weighted by atomic mass is 14.1. The maximum atomic E-state index is 2.28. The van der Waals surface area contributed by atoms with Gasteiger partial charge in [0, 0.05) is 0 Å². The summed E-state index contributed by atoms with van der Waals surface area (Å²) < 4.78 is 0. The normalized spacial score (nSPS) is 10.6. The summed E-state index contributed by atoms with van der Waals surface area (Å²) in [6.07, 6.45) is 3.31. The quantitative estimate of drug-likeness (QED) is 0.723. The Morgan fingerprint density at radius 2 is 1.44 bits per heavy atom. The predicted molar refractivity (Wildman–Crippen MR) is 79.2 cm³/mol. The Kier molecular flexibility index (Phi) is 4.19. The molecule has 18 heavy (non-hydrogen) atoms. The van der Waals surface area contributed by atoms with E-state index >= 15 is 0 Å². The molecule has 2 aromatic rings. The minimum Gasteiger partial charge on any atom is -0.0617 e. The smallest absolute Gasteiger partial charge is 0.00229 e. The Morgan fingerprint density at radius 3 is 2.06 bits per heavy atom. The molecule has 0 spiro atoms. The van der Waals surface area contributed by atoms with Crippen LogP contribution in [0.1, 0.15) is 41.7 Å². The van der Waals surface area contributed by atoms with E-state index in [2.05, 4.69) is 63.2 Å². The van der Waals surface area contributed by atoms with Crippen molar-refractivity contribution < 1.29 is 0 Å². The van der Waals surface area contributed by atoms with Crippen molar-refractivity contribution in [3.8, 4) is 0 Å². The second kappa shape index (κ2) is 5.86. The largest absolute Gasteiger partial charge is 0.0617 e. The van der Waals surface area contributed by atoms with Crippen molar-refractivity contribution in [2.45, 2.75) is 40.0 Å². The van der Waals surface area contributed by atoms with Crippen molar-refractivity contribution >= 4 is 0 Å². The highest BCUT2D eigenvalue weighted by Crippen LogP contribution is 2.20. The Labute approximate surface area is 111 Å². The highest BCUT2D eigenvalue weighted by Gasteiger charge is 2.06. The van der Waals surface area contributed by atoms with Gasteiger partial charge in [0.25, 0.3) is 0 Å². The molecule has 0 heterocycles. The van der Waals surface area contributed by atoms with E-state index in [-0.39, 0.29) is 0 Å². The summed E-state index contributed by atoms with van der Waals surface area (Å²) in [5, 5.41) is 0. The summed E-state index contributed by atoms with van der Waals surface area (Å²) in [6, 6.07) is 15.6. The molecule has 0 aliphatic heterocycles. The minimum atomic E-state index is 1.05. The number of rotatable bonds is 4. The average molecular weight is 238 g/mol. The van der Waals surface area contributed by atoms with Crippen LogP contribution in [0.25, 0.3) is 0 Å². The van der Waals surface area contributed by atoms with Gasteiger partial charge in [-0.15, -0.1) is 0 Å². The fourth-order valence-electron chi connectivity index (χ4n) is 2.56. The number of aryl methyl sites for hydroxylation is 2. The molecule has 2 aromatic carbocycles. The lowest BCUT2D eigenvalue weighted by Crippen LogP contribution is -1.99. The molecule has 0 aromatic heterocycles. The average Bonchev–Trinajstić information content (AvgIpc) is 2.41. The molecule has 0 heteroatoms. The van der Waals surface area contributed by atoms with Gasteiger partial charge in [-0.1, -0.05) is 61.9 Å². The summed E-state index contributed by atoms with van der Waals surface area (Å²) in [5.41, 5.74) is 7.27. The van der Waals surface area contributed by atoms with Gasteiger partial charge in [0.15, 0.2) is 0 Å². The van der Waals surface area contributed by atoms with E-state index in [1.165, 1.54) is 22.3 Å². The zero-order valence-corrected chi connectivity index (χ0v) is 11.7. The van der Waals surface area contributed by atoms with Gasteiger partial charge in [-0.2, -0.15) is 0 Å². The predicted octanol–water partition coefficient (Wildman–Crippen LogP) is 4.71. The fourth-order valence-corrected chi connectivity index (χ4v) is 2.56. The molecule has 94 valence electrons. The van der Waals surface area contributed by atoms with Gasteiger partial charge < -0.3 is 0 Å². The van der Waals surface area contributed by atoms with Crippen LogP contribution in [0.15, 0.2) is 42.5 Å². The Balaban J connectivity index is 2.31. The highest BCUT2D eigenvalue weighted by molar-refractivity contribution is 5.39. The van der Waals surface area contributed by atoms with E-state index in [1.54, 1.807) is 5.56 Å². The number of hydrogen-bond acceptors (Lipinski definition) is 0. The molecular weight excluding hydrogens is 216 g/mol. The molecule has 0 radical (unpaired) electrons. The Hall–Kier alpha value is -1.56. The summed E-state index contributed by atoms with van der Waals surface area (Å²) in [7, 11) is 0. The zero-order valence-electron chi connectivity index (χ0n) is 11.7. The van der Waals surface area contributed by atoms with Crippen LogP contribution in [0.3, 0.4) is 0 Å². The van der Waals surface area contributed by atoms with Gasteiger partial charge in [-0.05, 0) is 48.4 Å². The molecule has 0 aliphatic rings. The molecule has 0 nitrogen and oxygen atoms in total. The van der Waals surface area contributed by atoms with Gasteiger partial charge in [-0.3, -0.25) is 0 Å². The number of benzene rings is 2. The van der Waals surface area contributed by atoms with Crippen LogP contribution >= 0.6 is 0 Å². The summed E-state index contributed by atoms with van der Waals surface area (Å²) in [5.74, 6) is 0. The molecular formula is C18H22. The van der Waals surface area contributed by atoms with Gasteiger partial charge in [0.05, 0.1) is 0 Å². The Bertz CT molecular complexity index is 506. The van der Waals surface area contributed by atoms with Crippen molar-refractivity contribution in [1.29, 1.82) is 0 Å². The van der Waals surface area contributed by atoms with E-state index in [9.17, 15) is 0 Å². The second-order valence-corrected chi connectivity index (χ2v) is 4.92. The molecule has 0 fully saturated rings.